The summed E-state index contributed by atoms with van der Waals surface area (Å²) >= 11 is 0. The minimum Gasteiger partial charge on any atom is -0.475 e. The molecule has 0 aliphatic heterocycles. The van der Waals surface area contributed by atoms with Gasteiger partial charge in [-0.3, -0.25) is 0 Å². The third-order valence-corrected chi connectivity index (χ3v) is 2.66. The second kappa shape index (κ2) is 6.21. The molecule has 0 aromatic heterocycles. The van der Waals surface area contributed by atoms with Gasteiger partial charge in [0, 0.05) is 17.7 Å². The molecule has 2 unspecified atom stereocenters. The topological polar surface area (TPSA) is 45.0 Å². The molecule has 0 saturated carbocycles. The van der Waals surface area contributed by atoms with Crippen LogP contribution in [0.3, 0.4) is 0 Å². The molecule has 3 nitrogen and oxygen atoms in total. The van der Waals surface area contributed by atoms with Gasteiger partial charge in [0.25, 0.3) is 0 Å². The second-order valence-corrected chi connectivity index (χ2v) is 3.84. The summed E-state index contributed by atoms with van der Waals surface area (Å²) in [5.41, 5.74) is 0.588. The van der Waals surface area contributed by atoms with E-state index >= 15 is 0 Å². The Kier molecular flexibility index (Phi) is 4.92. The monoisotopic (exact) mass is 236 g/mol. The lowest BCUT2D eigenvalue weighted by atomic mass is 10.1. The van der Waals surface area contributed by atoms with Gasteiger partial charge < -0.3 is 10.1 Å². The average molecular weight is 236 g/mol. The van der Waals surface area contributed by atoms with Gasteiger partial charge in [-0.2, -0.15) is 5.26 Å². The maximum absolute atomic E-state index is 13.7. The van der Waals surface area contributed by atoms with Gasteiger partial charge in [-0.05, 0) is 26.5 Å². The Morgan fingerprint density at radius 1 is 1.53 bits per heavy atom. The molecule has 17 heavy (non-hydrogen) atoms. The van der Waals surface area contributed by atoms with E-state index in [1.54, 1.807) is 19.2 Å². The first-order chi connectivity index (χ1) is 8.12. The normalized spacial score (nSPS) is 13.8. The zero-order valence-corrected chi connectivity index (χ0v) is 10.3. The molecule has 0 fully saturated rings. The van der Waals surface area contributed by atoms with Crippen LogP contribution >= 0.6 is 0 Å². The van der Waals surface area contributed by atoms with E-state index in [9.17, 15) is 4.39 Å². The van der Waals surface area contributed by atoms with Crippen molar-refractivity contribution in [2.75, 3.05) is 7.05 Å². The molecule has 1 aromatic carbocycles. The van der Waals surface area contributed by atoms with Gasteiger partial charge in [-0.15, -0.1) is 0 Å². The molecule has 0 aliphatic carbocycles. The first kappa shape index (κ1) is 13.5. The molecule has 0 radical (unpaired) electrons. The predicted molar refractivity (Wildman–Crippen MR) is 64.2 cm³/mol. The number of nitrogens with zero attached hydrogens (tertiary/aromatic N) is 1. The lowest BCUT2D eigenvalue weighted by molar-refractivity contribution is 0.250. The third-order valence-electron chi connectivity index (χ3n) is 2.66. The van der Waals surface area contributed by atoms with Crippen LogP contribution in [0.5, 0.6) is 5.75 Å². The van der Waals surface area contributed by atoms with E-state index in [-0.39, 0.29) is 11.9 Å². The highest BCUT2D eigenvalue weighted by Crippen LogP contribution is 2.22. The SMILES string of the molecule is CCC(C#N)Oc1ccc(C(C)NC)c(F)c1. The molecular formula is C13H17FN2O. The highest BCUT2D eigenvalue weighted by molar-refractivity contribution is 5.31. The summed E-state index contributed by atoms with van der Waals surface area (Å²) in [4.78, 5) is 0. The Bertz CT molecular complexity index is 414. The van der Waals surface area contributed by atoms with Crippen LogP contribution in [0.1, 0.15) is 31.9 Å². The number of benzene rings is 1. The smallest absolute Gasteiger partial charge is 0.184 e. The molecule has 1 aromatic rings. The number of halogens is 1. The standard InChI is InChI=1S/C13H17FN2O/c1-4-10(8-15)17-11-5-6-12(9(2)16-3)13(14)7-11/h5-7,9-10,16H,4H2,1-3H3. The molecule has 1 rings (SSSR count). The van der Waals surface area contributed by atoms with Crippen LogP contribution in [0, 0.1) is 17.1 Å². The van der Waals surface area contributed by atoms with Crippen LogP contribution in [0.15, 0.2) is 18.2 Å². The second-order valence-electron chi connectivity index (χ2n) is 3.84. The Morgan fingerprint density at radius 3 is 2.71 bits per heavy atom. The van der Waals surface area contributed by atoms with Crippen molar-refractivity contribution in [1.29, 1.82) is 5.26 Å². The van der Waals surface area contributed by atoms with E-state index in [1.807, 2.05) is 19.9 Å². The highest BCUT2D eigenvalue weighted by atomic mass is 19.1. The Hall–Kier alpha value is -1.60. The Labute approximate surface area is 101 Å². The van der Waals surface area contributed by atoms with Crippen LogP contribution in [0.4, 0.5) is 4.39 Å². The van der Waals surface area contributed by atoms with Crippen LogP contribution in [-0.2, 0) is 0 Å². The van der Waals surface area contributed by atoms with Crippen molar-refractivity contribution < 1.29 is 9.13 Å². The molecule has 4 heteroatoms. The summed E-state index contributed by atoms with van der Waals surface area (Å²) in [6.07, 6.45) is 0.0502. The first-order valence-electron chi connectivity index (χ1n) is 5.65. The van der Waals surface area contributed by atoms with E-state index in [0.29, 0.717) is 17.7 Å². The van der Waals surface area contributed by atoms with E-state index in [4.69, 9.17) is 10.00 Å². The van der Waals surface area contributed by atoms with Gasteiger partial charge in [0.05, 0.1) is 0 Å². The average Bonchev–Trinajstić information content (AvgIpc) is 2.35. The Balaban J connectivity index is 2.86. The maximum atomic E-state index is 13.7. The number of ether oxygens (including phenoxy) is 1. The summed E-state index contributed by atoms with van der Waals surface area (Å²) in [5, 5.41) is 11.7. The lowest BCUT2D eigenvalue weighted by Gasteiger charge is -2.14. The zero-order valence-electron chi connectivity index (χ0n) is 10.3. The number of hydrogen-bond donors (Lipinski definition) is 1. The minimum absolute atomic E-state index is 0.0537. The van der Waals surface area contributed by atoms with Gasteiger partial charge in [0.1, 0.15) is 17.6 Å². The van der Waals surface area contributed by atoms with Crippen LogP contribution < -0.4 is 10.1 Å². The van der Waals surface area contributed by atoms with Crippen molar-refractivity contribution in [3.05, 3.63) is 29.6 Å². The highest BCUT2D eigenvalue weighted by Gasteiger charge is 2.12. The quantitative estimate of drug-likeness (QED) is 0.855. The lowest BCUT2D eigenvalue weighted by Crippen LogP contribution is -2.15. The molecule has 92 valence electrons. The van der Waals surface area contributed by atoms with E-state index < -0.39 is 6.10 Å². The third kappa shape index (κ3) is 3.43. The van der Waals surface area contributed by atoms with E-state index in [0.717, 1.165) is 0 Å². The zero-order chi connectivity index (χ0) is 12.8. The summed E-state index contributed by atoms with van der Waals surface area (Å²) < 4.78 is 19.1. The fourth-order valence-corrected chi connectivity index (χ4v) is 1.45. The molecule has 0 saturated heterocycles. The largest absolute Gasteiger partial charge is 0.475 e. The van der Waals surface area contributed by atoms with Gasteiger partial charge in [-0.1, -0.05) is 13.0 Å². The molecule has 0 aliphatic rings. The maximum Gasteiger partial charge on any atom is 0.184 e. The number of nitrogens with one attached hydrogen (secondary N) is 1. The van der Waals surface area contributed by atoms with E-state index in [1.165, 1.54) is 6.07 Å². The fourth-order valence-electron chi connectivity index (χ4n) is 1.45. The molecule has 0 heterocycles. The number of nitriles is 1. The summed E-state index contributed by atoms with van der Waals surface area (Å²) in [7, 11) is 1.78. The van der Waals surface area contributed by atoms with Crippen molar-refractivity contribution in [1.82, 2.24) is 5.32 Å². The van der Waals surface area contributed by atoms with Gasteiger partial charge in [-0.25, -0.2) is 4.39 Å². The first-order valence-corrected chi connectivity index (χ1v) is 5.65. The molecular weight excluding hydrogens is 219 g/mol. The van der Waals surface area contributed by atoms with Crippen LogP contribution in [-0.4, -0.2) is 13.2 Å². The Morgan fingerprint density at radius 2 is 2.24 bits per heavy atom. The number of rotatable bonds is 5. The summed E-state index contributed by atoms with van der Waals surface area (Å²) in [5.74, 6) is 0.0695. The molecule has 0 bridgehead atoms. The van der Waals surface area contributed by atoms with E-state index in [2.05, 4.69) is 5.32 Å². The van der Waals surface area contributed by atoms with Crippen molar-refractivity contribution >= 4 is 0 Å². The summed E-state index contributed by atoms with van der Waals surface area (Å²) in [6.45, 7) is 3.73. The van der Waals surface area contributed by atoms with Crippen molar-refractivity contribution in [3.8, 4) is 11.8 Å². The predicted octanol–water partition coefficient (Wildman–Crippen LogP) is 2.79. The molecule has 2 atom stereocenters. The van der Waals surface area contributed by atoms with Gasteiger partial charge >= 0.3 is 0 Å². The van der Waals surface area contributed by atoms with Crippen LogP contribution in [0.2, 0.25) is 0 Å². The molecule has 0 spiro atoms. The van der Waals surface area contributed by atoms with Gasteiger partial charge in [0.15, 0.2) is 6.10 Å². The number of hydrogen-bond acceptors (Lipinski definition) is 3. The molecule has 0 amide bonds. The van der Waals surface area contributed by atoms with Gasteiger partial charge in [0.2, 0.25) is 0 Å². The van der Waals surface area contributed by atoms with Crippen molar-refractivity contribution in [2.45, 2.75) is 32.4 Å². The minimum atomic E-state index is -0.526. The summed E-state index contributed by atoms with van der Waals surface area (Å²) in [6, 6.07) is 6.64. The van der Waals surface area contributed by atoms with Crippen molar-refractivity contribution in [2.24, 2.45) is 0 Å². The van der Waals surface area contributed by atoms with Crippen molar-refractivity contribution in [3.63, 3.8) is 0 Å². The molecule has 1 N–H and O–H groups in total. The van der Waals surface area contributed by atoms with Crippen LogP contribution in [0.25, 0.3) is 0 Å². The fraction of sp³-hybridized carbons (Fsp3) is 0.462.